The first-order chi connectivity index (χ1) is 15.1. The minimum atomic E-state index is -0.460. The van der Waals surface area contributed by atoms with Crippen molar-refractivity contribution >= 4 is 22.4 Å². The van der Waals surface area contributed by atoms with Gasteiger partial charge in [-0.05, 0) is 29.3 Å². The molecule has 1 heterocycles. The molecule has 31 heavy (non-hydrogen) atoms. The van der Waals surface area contributed by atoms with Gasteiger partial charge in [0.1, 0.15) is 0 Å². The Labute approximate surface area is 180 Å². The van der Waals surface area contributed by atoms with E-state index < -0.39 is 4.92 Å². The van der Waals surface area contributed by atoms with E-state index in [9.17, 15) is 14.9 Å². The predicted molar refractivity (Wildman–Crippen MR) is 119 cm³/mol. The average molecular weight is 419 g/mol. The molecule has 0 unspecified atom stereocenters. The van der Waals surface area contributed by atoms with Crippen LogP contribution in [0.3, 0.4) is 0 Å². The average Bonchev–Trinajstić information content (AvgIpc) is 2.80. The summed E-state index contributed by atoms with van der Waals surface area (Å²) in [4.78, 5) is 26.0. The van der Waals surface area contributed by atoms with Gasteiger partial charge in [0.25, 0.3) is 11.6 Å². The van der Waals surface area contributed by atoms with Crippen molar-refractivity contribution in [3.63, 3.8) is 0 Å². The van der Waals surface area contributed by atoms with Crippen LogP contribution in [0.15, 0.2) is 60.7 Å². The Kier molecular flexibility index (Phi) is 6.25. The molecule has 0 aliphatic carbocycles. The van der Waals surface area contributed by atoms with Gasteiger partial charge in [0.05, 0.1) is 24.2 Å². The van der Waals surface area contributed by atoms with Crippen LogP contribution in [0.4, 0.5) is 5.69 Å². The van der Waals surface area contributed by atoms with Crippen molar-refractivity contribution in [3.05, 3.63) is 87.5 Å². The summed E-state index contributed by atoms with van der Waals surface area (Å²) in [6.45, 7) is 4.86. The number of carbonyl (C=O) groups is 1. The van der Waals surface area contributed by atoms with Crippen molar-refractivity contribution in [3.8, 4) is 0 Å². The molecule has 0 aromatic heterocycles. The van der Waals surface area contributed by atoms with Gasteiger partial charge in [-0.1, -0.05) is 48.5 Å². The molecule has 7 heteroatoms. The molecule has 0 saturated carbocycles. The Bertz CT molecular complexity index is 1100. The molecular weight excluding hydrogens is 394 g/mol. The van der Waals surface area contributed by atoms with Crippen molar-refractivity contribution in [2.75, 3.05) is 32.8 Å². The van der Waals surface area contributed by atoms with Gasteiger partial charge in [-0.25, -0.2) is 0 Å². The fourth-order valence-corrected chi connectivity index (χ4v) is 4.22. The number of benzene rings is 3. The molecule has 0 radical (unpaired) electrons. The van der Waals surface area contributed by atoms with Gasteiger partial charge in [-0.15, -0.1) is 0 Å². The molecule has 0 bridgehead atoms. The molecular formula is C24H25N3O4. The van der Waals surface area contributed by atoms with E-state index in [1.165, 1.54) is 6.07 Å². The van der Waals surface area contributed by atoms with Crippen LogP contribution in [0.2, 0.25) is 0 Å². The second-order valence-corrected chi connectivity index (χ2v) is 7.65. The number of amides is 1. The summed E-state index contributed by atoms with van der Waals surface area (Å²) in [7, 11) is 0. The number of carbonyl (C=O) groups excluding carboxylic acids is 1. The zero-order valence-electron chi connectivity index (χ0n) is 17.4. The third kappa shape index (κ3) is 4.42. The Balaban J connectivity index is 1.62. The molecule has 1 N–H and O–H groups in total. The summed E-state index contributed by atoms with van der Waals surface area (Å²) in [5.41, 5.74) is 1.80. The fraction of sp³-hybridized carbons (Fsp3) is 0.292. The van der Waals surface area contributed by atoms with E-state index in [1.54, 1.807) is 19.1 Å². The van der Waals surface area contributed by atoms with E-state index in [4.69, 9.17) is 4.74 Å². The number of rotatable bonds is 6. The monoisotopic (exact) mass is 419 g/mol. The van der Waals surface area contributed by atoms with Gasteiger partial charge in [-0.2, -0.15) is 0 Å². The maximum atomic E-state index is 12.9. The maximum Gasteiger partial charge on any atom is 0.273 e. The summed E-state index contributed by atoms with van der Waals surface area (Å²) in [5.74, 6) is -0.306. The first-order valence-corrected chi connectivity index (χ1v) is 10.4. The SMILES string of the molecule is Cc1c(C(=O)NC[C@H](c2cccc3ccccc23)N2CCOCC2)cccc1[N+](=O)[O-]. The number of hydrogen-bond acceptors (Lipinski definition) is 5. The lowest BCUT2D eigenvalue weighted by atomic mass is 9.97. The van der Waals surface area contributed by atoms with Crippen LogP contribution >= 0.6 is 0 Å². The first kappa shape index (κ1) is 21.0. The van der Waals surface area contributed by atoms with Crippen LogP contribution in [-0.2, 0) is 4.74 Å². The van der Waals surface area contributed by atoms with Crippen LogP contribution in [0, 0.1) is 17.0 Å². The van der Waals surface area contributed by atoms with Crippen molar-refractivity contribution in [1.82, 2.24) is 10.2 Å². The van der Waals surface area contributed by atoms with Gasteiger partial charge in [-0.3, -0.25) is 19.8 Å². The van der Waals surface area contributed by atoms with Crippen molar-refractivity contribution < 1.29 is 14.5 Å². The molecule has 3 aromatic rings. The Morgan fingerprint density at radius 2 is 1.81 bits per heavy atom. The number of nitrogens with one attached hydrogen (secondary N) is 1. The molecule has 1 fully saturated rings. The summed E-state index contributed by atoms with van der Waals surface area (Å²) < 4.78 is 5.53. The smallest absolute Gasteiger partial charge is 0.273 e. The molecule has 1 saturated heterocycles. The van der Waals surface area contributed by atoms with Crippen LogP contribution in [0.25, 0.3) is 10.8 Å². The summed E-state index contributed by atoms with van der Waals surface area (Å²) >= 11 is 0. The predicted octanol–water partition coefficient (Wildman–Crippen LogP) is 3.86. The third-order valence-corrected chi connectivity index (χ3v) is 5.87. The Morgan fingerprint density at radius 1 is 1.10 bits per heavy atom. The molecule has 0 spiro atoms. The second kappa shape index (κ2) is 9.24. The number of fused-ring (bicyclic) bond motifs is 1. The van der Waals surface area contributed by atoms with E-state index in [0.29, 0.717) is 30.9 Å². The highest BCUT2D eigenvalue weighted by Crippen LogP contribution is 2.29. The lowest BCUT2D eigenvalue weighted by Gasteiger charge is -2.35. The molecule has 3 aromatic carbocycles. The Morgan fingerprint density at radius 3 is 2.58 bits per heavy atom. The van der Waals surface area contributed by atoms with E-state index in [-0.39, 0.29) is 17.6 Å². The molecule has 1 atom stereocenters. The van der Waals surface area contributed by atoms with E-state index in [1.807, 2.05) is 18.2 Å². The molecule has 1 amide bonds. The highest BCUT2D eigenvalue weighted by atomic mass is 16.6. The molecule has 1 aliphatic heterocycles. The Hall–Kier alpha value is -3.29. The number of hydrogen-bond donors (Lipinski definition) is 1. The minimum Gasteiger partial charge on any atom is -0.379 e. The van der Waals surface area contributed by atoms with Gasteiger partial charge >= 0.3 is 0 Å². The van der Waals surface area contributed by atoms with Gasteiger partial charge < -0.3 is 10.1 Å². The largest absolute Gasteiger partial charge is 0.379 e. The third-order valence-electron chi connectivity index (χ3n) is 5.87. The lowest BCUT2D eigenvalue weighted by Crippen LogP contribution is -2.44. The zero-order chi connectivity index (χ0) is 21.8. The molecule has 4 rings (SSSR count). The highest BCUT2D eigenvalue weighted by molar-refractivity contribution is 5.96. The topological polar surface area (TPSA) is 84.7 Å². The summed E-state index contributed by atoms with van der Waals surface area (Å²) in [6, 6.07) is 19.0. The minimum absolute atomic E-state index is 0.0297. The van der Waals surface area contributed by atoms with Gasteiger partial charge in [0.15, 0.2) is 0 Å². The van der Waals surface area contributed by atoms with Crippen molar-refractivity contribution in [2.45, 2.75) is 13.0 Å². The van der Waals surface area contributed by atoms with E-state index in [2.05, 4.69) is 34.5 Å². The molecule has 1 aliphatic rings. The normalized spacial score (nSPS) is 15.5. The number of nitro groups is 1. The first-order valence-electron chi connectivity index (χ1n) is 10.4. The quantitative estimate of drug-likeness (QED) is 0.484. The fourth-order valence-electron chi connectivity index (χ4n) is 4.22. The lowest BCUT2D eigenvalue weighted by molar-refractivity contribution is -0.385. The van der Waals surface area contributed by atoms with Crippen molar-refractivity contribution in [1.29, 1.82) is 0 Å². The van der Waals surface area contributed by atoms with Crippen LogP contribution in [0.1, 0.15) is 27.5 Å². The van der Waals surface area contributed by atoms with Crippen LogP contribution in [0.5, 0.6) is 0 Å². The highest BCUT2D eigenvalue weighted by Gasteiger charge is 2.25. The van der Waals surface area contributed by atoms with Crippen molar-refractivity contribution in [2.24, 2.45) is 0 Å². The number of nitro benzene ring substituents is 1. The van der Waals surface area contributed by atoms with E-state index in [0.717, 1.165) is 29.4 Å². The number of nitrogens with zero attached hydrogens (tertiary/aromatic N) is 2. The van der Waals surface area contributed by atoms with Gasteiger partial charge in [0, 0.05) is 36.8 Å². The number of morpholine rings is 1. The molecule has 160 valence electrons. The molecule has 7 nitrogen and oxygen atoms in total. The summed E-state index contributed by atoms with van der Waals surface area (Å²) in [5, 5.41) is 16.6. The standard InChI is InChI=1S/C24H25N3O4/c1-17-19(9-5-11-22(17)27(29)30)24(28)25-16-23(26-12-14-31-15-13-26)21-10-4-7-18-6-2-3-8-20(18)21/h2-11,23H,12-16H2,1H3,(H,25,28)/t23-/m1/s1. The van der Waals surface area contributed by atoms with Crippen LogP contribution < -0.4 is 5.32 Å². The summed E-state index contributed by atoms with van der Waals surface area (Å²) in [6.07, 6.45) is 0. The van der Waals surface area contributed by atoms with Crippen LogP contribution in [-0.4, -0.2) is 48.6 Å². The zero-order valence-corrected chi connectivity index (χ0v) is 17.4. The second-order valence-electron chi connectivity index (χ2n) is 7.65. The maximum absolute atomic E-state index is 12.9. The number of ether oxygens (including phenoxy) is 1. The van der Waals surface area contributed by atoms with Gasteiger partial charge in [0.2, 0.25) is 0 Å². The van der Waals surface area contributed by atoms with E-state index >= 15 is 0 Å².